The fourth-order valence-electron chi connectivity index (χ4n) is 0.526. The highest BCUT2D eigenvalue weighted by atomic mass is 16.4. The highest BCUT2D eigenvalue weighted by molar-refractivity contribution is 5.66. The lowest BCUT2D eigenvalue weighted by Crippen LogP contribution is -1.92. The first-order chi connectivity index (χ1) is 4.77. The van der Waals surface area contributed by atoms with Crippen molar-refractivity contribution in [2.45, 2.75) is 32.6 Å². The average Bonchev–Trinajstić information content (AvgIpc) is 1.92. The van der Waals surface area contributed by atoms with E-state index < -0.39 is 5.97 Å². The minimum atomic E-state index is -0.682. The molecule has 0 heterocycles. The van der Waals surface area contributed by atoms with E-state index >= 15 is 0 Å². The zero-order valence-corrected chi connectivity index (χ0v) is 6.60. The van der Waals surface area contributed by atoms with Gasteiger partial charge in [-0.2, -0.15) is 0 Å². The van der Waals surface area contributed by atoms with Crippen molar-refractivity contribution in [2.24, 2.45) is 0 Å². The van der Waals surface area contributed by atoms with Crippen LogP contribution >= 0.6 is 0 Å². The maximum atomic E-state index is 9.87. The molecular formula is C8H16O2. The lowest BCUT2D eigenvalue weighted by molar-refractivity contribution is -0.137. The highest BCUT2D eigenvalue weighted by Crippen LogP contribution is 1.97. The van der Waals surface area contributed by atoms with Gasteiger partial charge < -0.3 is 5.11 Å². The lowest BCUT2D eigenvalue weighted by Gasteiger charge is -1.89. The van der Waals surface area contributed by atoms with Gasteiger partial charge in [0.1, 0.15) is 0 Å². The summed E-state index contributed by atoms with van der Waals surface area (Å²) in [6.07, 6.45) is 3.28. The van der Waals surface area contributed by atoms with Gasteiger partial charge >= 0.3 is 5.97 Å². The third kappa shape index (κ3) is 15.7. The summed E-state index contributed by atoms with van der Waals surface area (Å²) in [6, 6.07) is 0. The number of aliphatic carboxylic acids is 1. The second-order valence-electron chi connectivity index (χ2n) is 1.85. The number of carboxylic acid groups (broad SMARTS) is 1. The van der Waals surface area contributed by atoms with Crippen molar-refractivity contribution >= 4 is 5.97 Å². The van der Waals surface area contributed by atoms with Crippen molar-refractivity contribution in [2.75, 3.05) is 0 Å². The number of rotatable bonds is 4. The standard InChI is InChI=1S/C6H12O2.C2H4/c1-2-3-4-5-6(7)8;1-2/h2-5H2,1H3,(H,7,8);1-2H2. The molecule has 0 rings (SSSR count). The first kappa shape index (κ1) is 11.9. The number of hydrogen-bond donors (Lipinski definition) is 1. The van der Waals surface area contributed by atoms with Gasteiger partial charge in [0.25, 0.3) is 0 Å². The van der Waals surface area contributed by atoms with E-state index in [1.165, 1.54) is 0 Å². The van der Waals surface area contributed by atoms with Gasteiger partial charge in [-0.15, -0.1) is 13.2 Å². The van der Waals surface area contributed by atoms with Crippen molar-refractivity contribution < 1.29 is 9.90 Å². The molecule has 60 valence electrons. The SMILES string of the molecule is C=C.CCCCCC(=O)O. The molecule has 0 spiro atoms. The zero-order valence-electron chi connectivity index (χ0n) is 6.60. The normalized spacial score (nSPS) is 7.70. The largest absolute Gasteiger partial charge is 0.481 e. The van der Waals surface area contributed by atoms with Crippen LogP contribution in [0.4, 0.5) is 0 Å². The molecule has 0 aromatic carbocycles. The second kappa shape index (κ2) is 11.1. The van der Waals surface area contributed by atoms with Crippen LogP contribution in [-0.2, 0) is 4.79 Å². The molecule has 0 aliphatic rings. The molecule has 10 heavy (non-hydrogen) atoms. The van der Waals surface area contributed by atoms with Crippen LogP contribution in [0.2, 0.25) is 0 Å². The fourth-order valence-corrected chi connectivity index (χ4v) is 0.526. The monoisotopic (exact) mass is 144 g/mol. The summed E-state index contributed by atoms with van der Waals surface area (Å²) in [5, 5.41) is 8.14. The number of carbonyl (C=O) groups is 1. The van der Waals surface area contributed by atoms with Gasteiger partial charge in [-0.25, -0.2) is 0 Å². The fraction of sp³-hybridized carbons (Fsp3) is 0.625. The third-order valence-corrected chi connectivity index (χ3v) is 0.994. The molecule has 0 atom stereocenters. The Kier molecular flexibility index (Phi) is 13.2. The van der Waals surface area contributed by atoms with Crippen molar-refractivity contribution in [1.29, 1.82) is 0 Å². The van der Waals surface area contributed by atoms with E-state index in [0.29, 0.717) is 6.42 Å². The Balaban J connectivity index is 0. The zero-order chi connectivity index (χ0) is 8.41. The molecule has 0 aromatic rings. The van der Waals surface area contributed by atoms with Crippen LogP contribution in [0, 0.1) is 0 Å². The molecule has 0 bridgehead atoms. The summed E-state index contributed by atoms with van der Waals surface area (Å²) >= 11 is 0. The van der Waals surface area contributed by atoms with E-state index in [1.807, 2.05) is 0 Å². The number of unbranched alkanes of at least 4 members (excludes halogenated alkanes) is 2. The molecule has 0 aromatic heterocycles. The molecule has 2 heteroatoms. The molecule has 1 N–H and O–H groups in total. The number of hydrogen-bond acceptors (Lipinski definition) is 1. The summed E-state index contributed by atoms with van der Waals surface area (Å²) in [4.78, 5) is 9.87. The molecule has 0 saturated heterocycles. The van der Waals surface area contributed by atoms with Crippen LogP contribution in [0.15, 0.2) is 13.2 Å². The van der Waals surface area contributed by atoms with E-state index in [1.54, 1.807) is 0 Å². The molecular weight excluding hydrogens is 128 g/mol. The first-order valence-electron chi connectivity index (χ1n) is 3.49. The van der Waals surface area contributed by atoms with E-state index in [2.05, 4.69) is 20.1 Å². The van der Waals surface area contributed by atoms with Crippen LogP contribution in [0.1, 0.15) is 32.6 Å². The Morgan fingerprint density at radius 3 is 2.20 bits per heavy atom. The summed E-state index contributed by atoms with van der Waals surface area (Å²) < 4.78 is 0. The maximum Gasteiger partial charge on any atom is 0.303 e. The van der Waals surface area contributed by atoms with Gasteiger partial charge in [0, 0.05) is 6.42 Å². The smallest absolute Gasteiger partial charge is 0.303 e. The summed E-state index contributed by atoms with van der Waals surface area (Å²) in [5.41, 5.74) is 0. The van der Waals surface area contributed by atoms with Crippen LogP contribution in [0.3, 0.4) is 0 Å². The third-order valence-electron chi connectivity index (χ3n) is 0.994. The Labute approximate surface area is 62.6 Å². The van der Waals surface area contributed by atoms with Crippen LogP contribution in [-0.4, -0.2) is 11.1 Å². The highest BCUT2D eigenvalue weighted by Gasteiger charge is 1.92. The number of carboxylic acids is 1. The summed E-state index contributed by atoms with van der Waals surface area (Å²) in [6.45, 7) is 8.06. The van der Waals surface area contributed by atoms with Crippen molar-refractivity contribution in [3.63, 3.8) is 0 Å². The maximum absolute atomic E-state index is 9.87. The van der Waals surface area contributed by atoms with E-state index in [9.17, 15) is 4.79 Å². The van der Waals surface area contributed by atoms with Crippen LogP contribution < -0.4 is 0 Å². The molecule has 0 aliphatic heterocycles. The minimum absolute atomic E-state index is 0.327. The molecule has 0 radical (unpaired) electrons. The summed E-state index contributed by atoms with van der Waals surface area (Å²) in [5.74, 6) is -0.682. The Morgan fingerprint density at radius 2 is 1.90 bits per heavy atom. The van der Waals surface area contributed by atoms with Gasteiger partial charge in [-0.1, -0.05) is 19.8 Å². The Bertz CT molecular complexity index is 79.3. The predicted octanol–water partition coefficient (Wildman–Crippen LogP) is 2.45. The molecule has 0 saturated carbocycles. The second-order valence-corrected chi connectivity index (χ2v) is 1.85. The molecule has 0 unspecified atom stereocenters. The van der Waals surface area contributed by atoms with Crippen LogP contribution in [0.25, 0.3) is 0 Å². The van der Waals surface area contributed by atoms with E-state index in [0.717, 1.165) is 19.3 Å². The van der Waals surface area contributed by atoms with Crippen molar-refractivity contribution in [3.05, 3.63) is 13.2 Å². The Morgan fingerprint density at radius 1 is 1.40 bits per heavy atom. The van der Waals surface area contributed by atoms with E-state index in [4.69, 9.17) is 5.11 Å². The van der Waals surface area contributed by atoms with Gasteiger partial charge in [-0.3, -0.25) is 4.79 Å². The van der Waals surface area contributed by atoms with E-state index in [-0.39, 0.29) is 0 Å². The first-order valence-corrected chi connectivity index (χ1v) is 3.49. The molecule has 2 nitrogen and oxygen atoms in total. The summed E-state index contributed by atoms with van der Waals surface area (Å²) in [7, 11) is 0. The molecule has 0 amide bonds. The van der Waals surface area contributed by atoms with Gasteiger partial charge in [0.05, 0.1) is 0 Å². The predicted molar refractivity (Wildman–Crippen MR) is 43.0 cm³/mol. The van der Waals surface area contributed by atoms with Crippen molar-refractivity contribution in [3.8, 4) is 0 Å². The van der Waals surface area contributed by atoms with Crippen LogP contribution in [0.5, 0.6) is 0 Å². The Hall–Kier alpha value is -0.790. The average molecular weight is 144 g/mol. The van der Waals surface area contributed by atoms with Crippen molar-refractivity contribution in [1.82, 2.24) is 0 Å². The van der Waals surface area contributed by atoms with Gasteiger partial charge in [0.2, 0.25) is 0 Å². The minimum Gasteiger partial charge on any atom is -0.481 e. The lowest BCUT2D eigenvalue weighted by atomic mass is 10.2. The van der Waals surface area contributed by atoms with Gasteiger partial charge in [-0.05, 0) is 6.42 Å². The quantitative estimate of drug-likeness (QED) is 0.486. The topological polar surface area (TPSA) is 37.3 Å². The molecule has 0 fully saturated rings. The molecule has 0 aliphatic carbocycles. The van der Waals surface area contributed by atoms with Gasteiger partial charge in [0.15, 0.2) is 0 Å².